The van der Waals surface area contributed by atoms with Gasteiger partial charge >= 0.3 is 11.9 Å². The molecule has 0 radical (unpaired) electrons. The first-order valence-corrected chi connectivity index (χ1v) is 7.74. The number of aromatic hydroxyl groups is 2. The molecule has 1 aliphatic rings. The Bertz CT molecular complexity index is 714. The third-order valence-corrected chi connectivity index (χ3v) is 4.11. The van der Waals surface area contributed by atoms with Crippen LogP contribution in [0.1, 0.15) is 18.4 Å². The normalized spacial score (nSPS) is 28.7. The molecule has 0 unspecified atom stereocenters. The number of hydrogen-bond donors (Lipinski definition) is 5. The van der Waals surface area contributed by atoms with Crippen molar-refractivity contribution in [3.8, 4) is 11.5 Å². The van der Waals surface area contributed by atoms with Crippen LogP contribution in [-0.2, 0) is 19.1 Å². The van der Waals surface area contributed by atoms with Crippen LogP contribution >= 0.6 is 0 Å². The minimum atomic E-state index is -2.08. The fourth-order valence-electron chi connectivity index (χ4n) is 2.72. The molecule has 2 rings (SSSR count). The van der Waals surface area contributed by atoms with Crippen LogP contribution in [0.3, 0.4) is 0 Å². The van der Waals surface area contributed by atoms with Gasteiger partial charge in [-0.1, -0.05) is 6.07 Å². The zero-order chi connectivity index (χ0) is 19.5. The van der Waals surface area contributed by atoms with E-state index in [4.69, 9.17) is 4.74 Å². The van der Waals surface area contributed by atoms with Gasteiger partial charge in [-0.3, -0.25) is 0 Å². The molecule has 1 saturated carbocycles. The minimum Gasteiger partial charge on any atom is -0.504 e. The first-order valence-electron chi connectivity index (χ1n) is 7.74. The summed E-state index contributed by atoms with van der Waals surface area (Å²) >= 11 is 0. The van der Waals surface area contributed by atoms with Crippen LogP contribution in [0, 0.1) is 0 Å². The molecule has 0 bridgehead atoms. The van der Waals surface area contributed by atoms with Gasteiger partial charge in [-0.05, 0) is 23.8 Å². The summed E-state index contributed by atoms with van der Waals surface area (Å²) in [5.74, 6) is -2.58. The molecule has 0 aromatic heterocycles. The van der Waals surface area contributed by atoms with E-state index in [2.05, 4.69) is 4.74 Å². The number of phenolic OH excluding ortho intramolecular Hbond substituents is 2. The van der Waals surface area contributed by atoms with Crippen molar-refractivity contribution in [2.24, 2.45) is 0 Å². The van der Waals surface area contributed by atoms with Crippen LogP contribution in [-0.4, -0.2) is 68.5 Å². The molecule has 1 aromatic rings. The Morgan fingerprint density at radius 1 is 1.19 bits per heavy atom. The van der Waals surface area contributed by atoms with E-state index in [0.29, 0.717) is 5.56 Å². The monoisotopic (exact) mass is 368 g/mol. The number of aliphatic hydroxyl groups is 3. The summed E-state index contributed by atoms with van der Waals surface area (Å²) in [5.41, 5.74) is -1.68. The molecular weight excluding hydrogens is 348 g/mol. The van der Waals surface area contributed by atoms with Crippen LogP contribution in [0.4, 0.5) is 0 Å². The molecule has 9 nitrogen and oxygen atoms in total. The number of hydrogen-bond acceptors (Lipinski definition) is 9. The lowest BCUT2D eigenvalue weighted by Gasteiger charge is -2.39. The molecular formula is C17H20O9. The van der Waals surface area contributed by atoms with Crippen molar-refractivity contribution in [3.05, 3.63) is 29.8 Å². The van der Waals surface area contributed by atoms with E-state index in [1.807, 2.05) is 0 Å². The summed E-state index contributed by atoms with van der Waals surface area (Å²) in [6.07, 6.45) is -2.88. The molecule has 0 amide bonds. The molecule has 1 aromatic carbocycles. The molecule has 0 saturated heterocycles. The Morgan fingerprint density at radius 3 is 2.50 bits per heavy atom. The molecule has 142 valence electrons. The van der Waals surface area contributed by atoms with Gasteiger partial charge in [-0.2, -0.15) is 0 Å². The van der Waals surface area contributed by atoms with Crippen molar-refractivity contribution in [3.63, 3.8) is 0 Å². The van der Waals surface area contributed by atoms with Crippen LogP contribution < -0.4 is 0 Å². The smallest absolute Gasteiger partial charge is 0.338 e. The molecule has 5 N–H and O–H groups in total. The molecule has 1 aliphatic carbocycles. The number of aliphatic hydroxyl groups excluding tert-OH is 2. The predicted molar refractivity (Wildman–Crippen MR) is 86.9 cm³/mol. The van der Waals surface area contributed by atoms with E-state index in [-0.39, 0.29) is 11.5 Å². The lowest BCUT2D eigenvalue weighted by molar-refractivity contribution is -0.198. The maximum absolute atomic E-state index is 11.9. The van der Waals surface area contributed by atoms with Crippen LogP contribution in [0.2, 0.25) is 0 Å². The number of esters is 2. The number of methoxy groups -OCH3 is 1. The summed E-state index contributed by atoms with van der Waals surface area (Å²) in [6, 6.07) is 3.89. The maximum atomic E-state index is 11.9. The lowest BCUT2D eigenvalue weighted by atomic mass is 9.79. The number of ether oxygens (including phenoxy) is 2. The second-order valence-corrected chi connectivity index (χ2v) is 6.05. The van der Waals surface area contributed by atoms with Gasteiger partial charge in [0.1, 0.15) is 12.2 Å². The Labute approximate surface area is 148 Å². The highest BCUT2D eigenvalue weighted by Crippen LogP contribution is 2.32. The van der Waals surface area contributed by atoms with Crippen molar-refractivity contribution in [1.82, 2.24) is 0 Å². The fraction of sp³-hybridized carbons (Fsp3) is 0.412. The van der Waals surface area contributed by atoms with Gasteiger partial charge in [-0.15, -0.1) is 0 Å². The molecule has 0 aliphatic heterocycles. The van der Waals surface area contributed by atoms with E-state index in [1.54, 1.807) is 0 Å². The van der Waals surface area contributed by atoms with Crippen molar-refractivity contribution in [1.29, 1.82) is 0 Å². The van der Waals surface area contributed by atoms with E-state index >= 15 is 0 Å². The van der Waals surface area contributed by atoms with Gasteiger partial charge in [0.2, 0.25) is 0 Å². The summed E-state index contributed by atoms with van der Waals surface area (Å²) < 4.78 is 9.50. The third-order valence-electron chi connectivity index (χ3n) is 4.11. The molecule has 0 spiro atoms. The number of benzene rings is 1. The highest BCUT2D eigenvalue weighted by molar-refractivity contribution is 5.87. The minimum absolute atomic E-state index is 0.314. The summed E-state index contributed by atoms with van der Waals surface area (Å²) in [4.78, 5) is 23.6. The molecule has 26 heavy (non-hydrogen) atoms. The van der Waals surface area contributed by atoms with E-state index in [9.17, 15) is 35.1 Å². The van der Waals surface area contributed by atoms with E-state index < -0.39 is 48.7 Å². The Kier molecular flexibility index (Phi) is 5.86. The Hall–Kier alpha value is -2.62. The van der Waals surface area contributed by atoms with Gasteiger partial charge in [0.15, 0.2) is 17.1 Å². The van der Waals surface area contributed by atoms with Crippen molar-refractivity contribution >= 4 is 18.0 Å². The Morgan fingerprint density at radius 2 is 1.88 bits per heavy atom. The zero-order valence-electron chi connectivity index (χ0n) is 13.9. The van der Waals surface area contributed by atoms with Gasteiger partial charge in [0, 0.05) is 18.9 Å². The van der Waals surface area contributed by atoms with Crippen LogP contribution in [0.25, 0.3) is 6.08 Å². The standard InChI is InChI=1S/C17H20O9/c1-25-16(23)17(24)7-12(20)15(22)13(8-17)26-14(21)5-3-9-2-4-10(18)11(19)6-9/h2-6,12-13,15,18-20,22,24H,7-8H2,1H3/t12-,13-,15-,17+/m0/s1. The number of rotatable bonds is 4. The van der Waals surface area contributed by atoms with Crippen LogP contribution in [0.15, 0.2) is 24.3 Å². The highest BCUT2D eigenvalue weighted by Gasteiger charge is 2.50. The summed E-state index contributed by atoms with van der Waals surface area (Å²) in [7, 11) is 1.06. The maximum Gasteiger partial charge on any atom is 0.338 e. The van der Waals surface area contributed by atoms with E-state index in [1.165, 1.54) is 24.3 Å². The SMILES string of the molecule is COC(=O)[C@]1(O)C[C@H](OC(=O)C=Cc2ccc(O)c(O)c2)[C@@H](O)[C@@H](O)C1. The fourth-order valence-corrected chi connectivity index (χ4v) is 2.72. The number of carbonyl (C=O) groups excluding carboxylic acids is 2. The van der Waals surface area contributed by atoms with Crippen LogP contribution in [0.5, 0.6) is 11.5 Å². The molecule has 9 heteroatoms. The van der Waals surface area contributed by atoms with Crippen molar-refractivity contribution < 1.29 is 44.6 Å². The molecule has 0 heterocycles. The van der Waals surface area contributed by atoms with Gasteiger partial charge < -0.3 is 35.0 Å². The Balaban J connectivity index is 2.07. The first-order chi connectivity index (χ1) is 12.2. The second kappa shape index (κ2) is 7.73. The topological polar surface area (TPSA) is 154 Å². The third kappa shape index (κ3) is 4.31. The second-order valence-electron chi connectivity index (χ2n) is 6.05. The average molecular weight is 368 g/mol. The van der Waals surface area contributed by atoms with E-state index in [0.717, 1.165) is 13.2 Å². The summed E-state index contributed by atoms with van der Waals surface area (Å²) in [5, 5.41) is 48.7. The van der Waals surface area contributed by atoms with Gasteiger partial charge in [-0.25, -0.2) is 9.59 Å². The van der Waals surface area contributed by atoms with Crippen molar-refractivity contribution in [2.75, 3.05) is 7.11 Å². The number of phenols is 2. The van der Waals surface area contributed by atoms with Gasteiger partial charge in [0.25, 0.3) is 0 Å². The zero-order valence-corrected chi connectivity index (χ0v) is 13.9. The summed E-state index contributed by atoms with van der Waals surface area (Å²) in [6.45, 7) is 0. The largest absolute Gasteiger partial charge is 0.504 e. The molecule has 1 fully saturated rings. The first kappa shape index (κ1) is 19.7. The molecule has 4 atom stereocenters. The van der Waals surface area contributed by atoms with Gasteiger partial charge in [0.05, 0.1) is 13.2 Å². The lowest BCUT2D eigenvalue weighted by Crippen LogP contribution is -2.57. The average Bonchev–Trinajstić information content (AvgIpc) is 2.59. The predicted octanol–water partition coefficient (Wildman–Crippen LogP) is -0.558. The quantitative estimate of drug-likeness (QED) is 0.267. The highest BCUT2D eigenvalue weighted by atomic mass is 16.6. The number of carbonyl (C=O) groups is 2. The van der Waals surface area contributed by atoms with Crippen molar-refractivity contribution in [2.45, 2.75) is 36.8 Å².